The first-order valence-corrected chi connectivity index (χ1v) is 10.4. The van der Waals surface area contributed by atoms with E-state index in [1.807, 2.05) is 67.6 Å². The second-order valence-corrected chi connectivity index (χ2v) is 7.16. The van der Waals surface area contributed by atoms with Crippen molar-refractivity contribution in [2.45, 2.75) is 25.9 Å². The van der Waals surface area contributed by atoms with Crippen molar-refractivity contribution < 1.29 is 29.0 Å². The number of hydrogen-bond acceptors (Lipinski definition) is 5. The third kappa shape index (κ3) is 5.60. The summed E-state index contributed by atoms with van der Waals surface area (Å²) in [5.41, 5.74) is 1.18. The molecule has 0 aliphatic rings. The maximum atomic E-state index is 12.9. The topological polar surface area (TPSA) is 89.9 Å². The van der Waals surface area contributed by atoms with Crippen LogP contribution in [0, 0.1) is 0 Å². The maximum absolute atomic E-state index is 12.9. The van der Waals surface area contributed by atoms with Gasteiger partial charge in [0.1, 0.15) is 0 Å². The Hall–Kier alpha value is -3.93. The lowest BCUT2D eigenvalue weighted by atomic mass is 10.0. The lowest BCUT2D eigenvalue weighted by molar-refractivity contribution is 0.0376. The van der Waals surface area contributed by atoms with Gasteiger partial charge in [0.2, 0.25) is 0 Å². The average molecular weight is 432 g/mol. The van der Waals surface area contributed by atoms with Crippen LogP contribution in [0.4, 0.5) is 0 Å². The molecule has 0 fully saturated rings. The van der Waals surface area contributed by atoms with Gasteiger partial charge in [0, 0.05) is 0 Å². The average Bonchev–Trinajstić information content (AvgIpc) is 2.83. The molecule has 0 atom stereocenters. The van der Waals surface area contributed by atoms with Crippen molar-refractivity contribution in [2.24, 2.45) is 0 Å². The Morgan fingerprint density at radius 2 is 1.41 bits per heavy atom. The highest BCUT2D eigenvalue weighted by atomic mass is 16.5. The van der Waals surface area contributed by atoms with Crippen LogP contribution in [0.1, 0.15) is 68.1 Å². The second-order valence-electron chi connectivity index (χ2n) is 7.16. The van der Waals surface area contributed by atoms with E-state index in [1.54, 1.807) is 0 Å². The molecule has 0 saturated carbocycles. The molecule has 0 heterocycles. The van der Waals surface area contributed by atoms with Gasteiger partial charge < -0.3 is 14.6 Å². The minimum atomic E-state index is -1.33. The van der Waals surface area contributed by atoms with Crippen LogP contribution < -0.4 is 0 Å². The molecule has 6 nitrogen and oxygen atoms in total. The Morgan fingerprint density at radius 1 is 0.812 bits per heavy atom. The van der Waals surface area contributed by atoms with E-state index in [0.29, 0.717) is 6.42 Å². The summed E-state index contributed by atoms with van der Waals surface area (Å²) in [4.78, 5) is 36.9. The highest BCUT2D eigenvalue weighted by Crippen LogP contribution is 2.27. The van der Waals surface area contributed by atoms with Crippen molar-refractivity contribution in [3.05, 3.63) is 107 Å². The van der Waals surface area contributed by atoms with E-state index in [1.165, 1.54) is 12.1 Å². The van der Waals surface area contributed by atoms with Crippen molar-refractivity contribution >= 4 is 17.9 Å². The molecule has 164 valence electrons. The Kier molecular flexibility index (Phi) is 7.75. The summed E-state index contributed by atoms with van der Waals surface area (Å²) in [7, 11) is 0. The molecule has 32 heavy (non-hydrogen) atoms. The summed E-state index contributed by atoms with van der Waals surface area (Å²) in [5, 5.41) is 9.57. The number of benzene rings is 3. The third-order valence-corrected chi connectivity index (χ3v) is 4.87. The Bertz CT molecular complexity index is 1040. The summed E-state index contributed by atoms with van der Waals surface area (Å²) in [5.74, 6) is -2.76. The zero-order valence-electron chi connectivity index (χ0n) is 17.7. The van der Waals surface area contributed by atoms with Gasteiger partial charge in [-0.2, -0.15) is 0 Å². The fourth-order valence-electron chi connectivity index (χ4n) is 3.17. The Morgan fingerprint density at radius 3 is 1.94 bits per heavy atom. The van der Waals surface area contributed by atoms with E-state index in [0.717, 1.165) is 23.6 Å². The van der Waals surface area contributed by atoms with Crippen LogP contribution in [0.2, 0.25) is 0 Å². The molecule has 0 bridgehead atoms. The van der Waals surface area contributed by atoms with Crippen LogP contribution >= 0.6 is 0 Å². The number of ether oxygens (including phenoxy) is 2. The Balaban J connectivity index is 1.88. The van der Waals surface area contributed by atoms with Crippen LogP contribution in [0.3, 0.4) is 0 Å². The summed E-state index contributed by atoms with van der Waals surface area (Å²) in [6, 6.07) is 22.3. The van der Waals surface area contributed by atoms with E-state index >= 15 is 0 Å². The lowest BCUT2D eigenvalue weighted by Gasteiger charge is -2.19. The van der Waals surface area contributed by atoms with Crippen molar-refractivity contribution in [3.63, 3.8) is 0 Å². The number of hydrogen-bond donors (Lipinski definition) is 1. The number of carbonyl (C=O) groups is 3. The van der Waals surface area contributed by atoms with Gasteiger partial charge in [0.05, 0.1) is 23.3 Å². The first kappa shape index (κ1) is 22.7. The minimum Gasteiger partial charge on any atom is -0.478 e. The van der Waals surface area contributed by atoms with Gasteiger partial charge in [-0.3, -0.25) is 0 Å². The van der Waals surface area contributed by atoms with E-state index in [9.17, 15) is 19.5 Å². The highest BCUT2D eigenvalue weighted by molar-refractivity contribution is 6.04. The van der Waals surface area contributed by atoms with Crippen LogP contribution in [0.5, 0.6) is 0 Å². The molecule has 0 unspecified atom stereocenters. The SMILES string of the molecule is CCCCOC(=O)c1ccc(C(=O)OC(c2ccccc2)c2ccccc2)cc1C(=O)O. The molecular formula is C26H24O6. The van der Waals surface area contributed by atoms with Crippen molar-refractivity contribution in [1.82, 2.24) is 0 Å². The number of carboxylic acid groups (broad SMARTS) is 1. The van der Waals surface area contributed by atoms with Gasteiger partial charge >= 0.3 is 17.9 Å². The quantitative estimate of drug-likeness (QED) is 0.365. The van der Waals surface area contributed by atoms with Gasteiger partial charge in [-0.25, -0.2) is 14.4 Å². The molecule has 0 amide bonds. The largest absolute Gasteiger partial charge is 0.478 e. The van der Waals surface area contributed by atoms with E-state index < -0.39 is 24.0 Å². The Labute approximate surface area is 186 Å². The molecule has 3 aromatic rings. The maximum Gasteiger partial charge on any atom is 0.339 e. The van der Waals surface area contributed by atoms with Gasteiger partial charge in [0.25, 0.3) is 0 Å². The molecule has 0 spiro atoms. The van der Waals surface area contributed by atoms with Crippen LogP contribution in [0.15, 0.2) is 78.9 Å². The fourth-order valence-corrected chi connectivity index (χ4v) is 3.17. The molecular weight excluding hydrogens is 408 g/mol. The summed E-state index contributed by atoms with van der Waals surface area (Å²) in [6.45, 7) is 2.16. The number of carbonyl (C=O) groups excluding carboxylic acids is 2. The smallest absolute Gasteiger partial charge is 0.339 e. The van der Waals surface area contributed by atoms with Crippen LogP contribution in [-0.2, 0) is 9.47 Å². The standard InChI is InChI=1S/C26H24O6/c1-2-3-16-31-26(30)21-15-14-20(17-22(21)24(27)28)25(29)32-23(18-10-6-4-7-11-18)19-12-8-5-9-13-19/h4-15,17,23H,2-3,16H2,1H3,(H,27,28). The molecule has 0 saturated heterocycles. The number of aromatic carboxylic acids is 1. The first-order chi connectivity index (χ1) is 15.5. The highest BCUT2D eigenvalue weighted by Gasteiger charge is 2.24. The normalized spacial score (nSPS) is 10.6. The lowest BCUT2D eigenvalue weighted by Crippen LogP contribution is -2.16. The van der Waals surface area contributed by atoms with Gasteiger partial charge in [-0.05, 0) is 35.7 Å². The molecule has 6 heteroatoms. The van der Waals surface area contributed by atoms with E-state index in [2.05, 4.69) is 0 Å². The number of unbranched alkanes of at least 4 members (excludes halogenated alkanes) is 1. The van der Waals surface area contributed by atoms with Crippen LogP contribution in [0.25, 0.3) is 0 Å². The zero-order chi connectivity index (χ0) is 22.9. The van der Waals surface area contributed by atoms with Crippen molar-refractivity contribution in [3.8, 4) is 0 Å². The van der Waals surface area contributed by atoms with Gasteiger partial charge in [-0.1, -0.05) is 74.0 Å². The molecule has 0 radical (unpaired) electrons. The van der Waals surface area contributed by atoms with Crippen LogP contribution in [-0.4, -0.2) is 29.6 Å². The predicted molar refractivity (Wildman–Crippen MR) is 119 cm³/mol. The second kappa shape index (κ2) is 10.9. The molecule has 0 aliphatic carbocycles. The molecule has 3 rings (SSSR count). The zero-order valence-corrected chi connectivity index (χ0v) is 17.7. The molecule has 1 N–H and O–H groups in total. The molecule has 0 aromatic heterocycles. The fraction of sp³-hybridized carbons (Fsp3) is 0.192. The van der Waals surface area contributed by atoms with Crippen molar-refractivity contribution in [2.75, 3.05) is 6.61 Å². The number of rotatable bonds is 9. The predicted octanol–water partition coefficient (Wildman–Crippen LogP) is 5.29. The number of carboxylic acids is 1. The minimum absolute atomic E-state index is 0.0318. The van der Waals surface area contributed by atoms with Crippen molar-refractivity contribution in [1.29, 1.82) is 0 Å². The molecule has 0 aliphatic heterocycles. The summed E-state index contributed by atoms with van der Waals surface area (Å²) < 4.78 is 10.9. The first-order valence-electron chi connectivity index (χ1n) is 10.4. The molecule has 3 aromatic carbocycles. The van der Waals surface area contributed by atoms with E-state index in [4.69, 9.17) is 9.47 Å². The number of esters is 2. The summed E-state index contributed by atoms with van der Waals surface area (Å²) >= 11 is 0. The summed E-state index contributed by atoms with van der Waals surface area (Å²) in [6.07, 6.45) is 0.851. The third-order valence-electron chi connectivity index (χ3n) is 4.87. The van der Waals surface area contributed by atoms with Gasteiger partial charge in [0.15, 0.2) is 6.10 Å². The monoisotopic (exact) mass is 432 g/mol. The van der Waals surface area contributed by atoms with E-state index in [-0.39, 0.29) is 23.3 Å². The van der Waals surface area contributed by atoms with Gasteiger partial charge in [-0.15, -0.1) is 0 Å².